The lowest BCUT2D eigenvalue weighted by Crippen LogP contribution is -2.33. The number of aliphatic hydroxyl groups is 2. The van der Waals surface area contributed by atoms with Crippen molar-refractivity contribution >= 4 is 40.3 Å². The molecular formula is C34H43ClN8O4. The SMILES string of the molecule is CC(C=C[C@H]1O[C@@H](n2cnc3c(NCc4cccc(Cl)c4)ncnc32)[C@H](O)[C@@H]1O)NCCCNC(=O)Nc1ccc(C(C)(C)C)cc1. The van der Waals surface area contributed by atoms with Crippen LogP contribution in [0.3, 0.4) is 0 Å². The lowest BCUT2D eigenvalue weighted by atomic mass is 9.87. The Hall–Kier alpha value is -4.07. The van der Waals surface area contributed by atoms with Crippen LogP contribution < -0.4 is 21.3 Å². The summed E-state index contributed by atoms with van der Waals surface area (Å²) in [6.07, 6.45) is 3.33. The van der Waals surface area contributed by atoms with Crippen LogP contribution in [0.5, 0.6) is 0 Å². The van der Waals surface area contributed by atoms with Crippen molar-refractivity contribution in [3.8, 4) is 0 Å². The molecule has 5 rings (SSSR count). The summed E-state index contributed by atoms with van der Waals surface area (Å²) >= 11 is 6.10. The van der Waals surface area contributed by atoms with Crippen LogP contribution in [-0.2, 0) is 16.7 Å². The molecule has 2 amide bonds. The quantitative estimate of drug-likeness (QED) is 0.0930. The first-order valence-corrected chi connectivity index (χ1v) is 16.1. The summed E-state index contributed by atoms with van der Waals surface area (Å²) in [5.41, 5.74) is 3.97. The van der Waals surface area contributed by atoms with Crippen LogP contribution in [0.2, 0.25) is 5.02 Å². The van der Waals surface area contributed by atoms with Crippen molar-refractivity contribution in [2.75, 3.05) is 23.7 Å². The third kappa shape index (κ3) is 8.85. The van der Waals surface area contributed by atoms with Gasteiger partial charge in [-0.3, -0.25) is 4.57 Å². The van der Waals surface area contributed by atoms with E-state index < -0.39 is 24.5 Å². The number of imidazole rings is 1. The average Bonchev–Trinajstić information content (AvgIpc) is 3.59. The molecule has 6 N–H and O–H groups in total. The number of carbonyl (C=O) groups is 1. The Balaban J connectivity index is 1.07. The van der Waals surface area contributed by atoms with Crippen LogP contribution in [0.1, 0.15) is 51.5 Å². The molecule has 1 unspecified atom stereocenters. The predicted octanol–water partition coefficient (Wildman–Crippen LogP) is 4.75. The molecule has 13 heteroatoms. The highest BCUT2D eigenvalue weighted by atomic mass is 35.5. The number of halogens is 1. The van der Waals surface area contributed by atoms with Crippen molar-refractivity contribution in [3.05, 3.63) is 89.5 Å². The molecule has 1 aliphatic heterocycles. The molecule has 5 atom stereocenters. The van der Waals surface area contributed by atoms with Gasteiger partial charge in [0.1, 0.15) is 24.6 Å². The lowest BCUT2D eigenvalue weighted by molar-refractivity contribution is -0.0245. The van der Waals surface area contributed by atoms with Crippen LogP contribution in [0.25, 0.3) is 11.2 Å². The number of ether oxygens (including phenoxy) is 1. The van der Waals surface area contributed by atoms with Crippen molar-refractivity contribution in [1.29, 1.82) is 0 Å². The van der Waals surface area contributed by atoms with Gasteiger partial charge < -0.3 is 36.2 Å². The molecule has 0 saturated carbocycles. The van der Waals surface area contributed by atoms with Crippen LogP contribution in [0, 0.1) is 0 Å². The number of amides is 2. The van der Waals surface area contributed by atoms with Crippen LogP contribution in [0.4, 0.5) is 16.3 Å². The van der Waals surface area contributed by atoms with E-state index in [1.807, 2.05) is 61.5 Å². The molecule has 0 bridgehead atoms. The first kappa shape index (κ1) is 34.3. The maximum Gasteiger partial charge on any atom is 0.319 e. The zero-order valence-corrected chi connectivity index (χ0v) is 27.8. The fraction of sp³-hybridized carbons (Fsp3) is 0.412. The van der Waals surface area contributed by atoms with Gasteiger partial charge in [-0.25, -0.2) is 19.7 Å². The monoisotopic (exact) mass is 662 g/mol. The highest BCUT2D eigenvalue weighted by Gasteiger charge is 2.43. The van der Waals surface area contributed by atoms with Crippen molar-refractivity contribution in [1.82, 2.24) is 30.2 Å². The first-order chi connectivity index (χ1) is 22.5. The van der Waals surface area contributed by atoms with Gasteiger partial charge in [0, 0.05) is 29.8 Å². The standard InChI is InChI=1S/C34H43ClN8O4/c1-21(36-15-6-16-37-33(46)42-25-12-10-23(11-13-25)34(2,3)4)9-14-26-28(44)29(45)32(47-26)43-20-41-27-30(39-19-40-31(27)43)38-18-22-7-5-8-24(35)17-22/h5,7-14,17,19-21,26,28-29,32,36,44-45H,6,15-16,18H2,1-4H3,(H2,37,42,46)(H,38,39,40)/t21?,26-,28-,29-,32-/m1/s1. The molecule has 4 aromatic rings. The number of nitrogens with zero attached hydrogens (tertiary/aromatic N) is 4. The number of nitrogens with one attached hydrogen (secondary N) is 4. The summed E-state index contributed by atoms with van der Waals surface area (Å²) in [5.74, 6) is 0.528. The number of aromatic nitrogens is 4. The van der Waals surface area contributed by atoms with E-state index in [1.165, 1.54) is 18.2 Å². The van der Waals surface area contributed by atoms with Crippen molar-refractivity contribution in [2.24, 2.45) is 0 Å². The number of carbonyl (C=O) groups excluding carboxylic acids is 1. The molecule has 1 saturated heterocycles. The fourth-order valence-electron chi connectivity index (χ4n) is 5.27. The number of rotatable bonds is 12. The lowest BCUT2D eigenvalue weighted by Gasteiger charge is -2.19. The highest BCUT2D eigenvalue weighted by molar-refractivity contribution is 6.30. The van der Waals surface area contributed by atoms with E-state index in [4.69, 9.17) is 16.3 Å². The molecule has 0 radical (unpaired) electrons. The maximum atomic E-state index is 12.3. The third-order valence-corrected chi connectivity index (χ3v) is 8.20. The molecule has 1 aliphatic rings. The summed E-state index contributed by atoms with van der Waals surface area (Å²) in [5, 5.41) is 34.6. The highest BCUT2D eigenvalue weighted by Crippen LogP contribution is 2.33. The van der Waals surface area contributed by atoms with Crippen molar-refractivity contribution < 1.29 is 19.7 Å². The fourth-order valence-corrected chi connectivity index (χ4v) is 5.48. The first-order valence-electron chi connectivity index (χ1n) is 15.7. The number of urea groups is 1. The normalized spacial score (nSPS) is 20.5. The molecule has 3 heterocycles. The van der Waals surface area contributed by atoms with Gasteiger partial charge in [-0.05, 0) is 60.7 Å². The van der Waals surface area contributed by atoms with E-state index in [2.05, 4.69) is 57.0 Å². The molecular weight excluding hydrogens is 620 g/mol. The molecule has 250 valence electrons. The molecule has 2 aromatic carbocycles. The Labute approximate surface area is 279 Å². The number of benzene rings is 2. The number of anilines is 2. The van der Waals surface area contributed by atoms with Gasteiger partial charge in [-0.15, -0.1) is 0 Å². The Kier molecular flexibility index (Phi) is 11.1. The second-order valence-corrected chi connectivity index (χ2v) is 13.1. The van der Waals surface area contributed by atoms with Gasteiger partial charge in [0.2, 0.25) is 0 Å². The van der Waals surface area contributed by atoms with Crippen LogP contribution in [0.15, 0.2) is 73.3 Å². The third-order valence-electron chi connectivity index (χ3n) is 7.96. The molecule has 12 nitrogen and oxygen atoms in total. The van der Waals surface area contributed by atoms with Gasteiger partial charge in [0.25, 0.3) is 0 Å². The number of hydrogen-bond donors (Lipinski definition) is 6. The van der Waals surface area contributed by atoms with E-state index in [0.717, 1.165) is 17.7 Å². The average molecular weight is 663 g/mol. The molecule has 0 spiro atoms. The zero-order chi connectivity index (χ0) is 33.6. The van der Waals surface area contributed by atoms with Crippen LogP contribution in [-0.4, -0.2) is 73.2 Å². The number of fused-ring (bicyclic) bond motifs is 1. The van der Waals surface area contributed by atoms with Crippen LogP contribution >= 0.6 is 11.6 Å². The summed E-state index contributed by atoms with van der Waals surface area (Å²) in [6.45, 7) is 10.1. The molecule has 2 aromatic heterocycles. The zero-order valence-electron chi connectivity index (χ0n) is 27.0. The minimum Gasteiger partial charge on any atom is -0.387 e. The Morgan fingerprint density at radius 3 is 2.62 bits per heavy atom. The topological polar surface area (TPSA) is 158 Å². The molecule has 0 aliphatic carbocycles. The second-order valence-electron chi connectivity index (χ2n) is 12.7. The summed E-state index contributed by atoms with van der Waals surface area (Å²) in [4.78, 5) is 25.4. The minimum atomic E-state index is -1.20. The Bertz CT molecular complexity index is 1670. The minimum absolute atomic E-state index is 0.0351. The summed E-state index contributed by atoms with van der Waals surface area (Å²) < 4.78 is 7.68. The van der Waals surface area contributed by atoms with E-state index >= 15 is 0 Å². The predicted molar refractivity (Wildman–Crippen MR) is 183 cm³/mol. The van der Waals surface area contributed by atoms with Crippen molar-refractivity contribution in [2.45, 2.75) is 76.7 Å². The van der Waals surface area contributed by atoms with Gasteiger partial charge in [0.05, 0.1) is 6.33 Å². The van der Waals surface area contributed by atoms with E-state index in [9.17, 15) is 15.0 Å². The van der Waals surface area contributed by atoms with E-state index in [0.29, 0.717) is 41.6 Å². The van der Waals surface area contributed by atoms with Gasteiger partial charge in [-0.2, -0.15) is 0 Å². The van der Waals surface area contributed by atoms with Crippen molar-refractivity contribution in [3.63, 3.8) is 0 Å². The largest absolute Gasteiger partial charge is 0.387 e. The van der Waals surface area contributed by atoms with Gasteiger partial charge >= 0.3 is 6.03 Å². The molecule has 1 fully saturated rings. The smallest absolute Gasteiger partial charge is 0.319 e. The van der Waals surface area contributed by atoms with Gasteiger partial charge in [0.15, 0.2) is 23.2 Å². The summed E-state index contributed by atoms with van der Waals surface area (Å²) in [7, 11) is 0. The Morgan fingerprint density at radius 2 is 1.87 bits per heavy atom. The molecule has 47 heavy (non-hydrogen) atoms. The van der Waals surface area contributed by atoms with E-state index in [-0.39, 0.29) is 17.5 Å². The summed E-state index contributed by atoms with van der Waals surface area (Å²) in [6, 6.07) is 15.1. The Morgan fingerprint density at radius 1 is 1.09 bits per heavy atom. The number of hydrogen-bond acceptors (Lipinski definition) is 9. The number of aliphatic hydroxyl groups excluding tert-OH is 2. The van der Waals surface area contributed by atoms with E-state index in [1.54, 1.807) is 10.6 Å². The maximum absolute atomic E-state index is 12.3. The van der Waals surface area contributed by atoms with Gasteiger partial charge in [-0.1, -0.05) is 68.8 Å². The second kappa shape index (κ2) is 15.2.